The average molecular weight is 420 g/mol. The van der Waals surface area contributed by atoms with E-state index < -0.39 is 0 Å². The van der Waals surface area contributed by atoms with Gasteiger partial charge in [0.05, 0.1) is 12.2 Å². The number of amides is 1. The molecule has 0 spiro atoms. The molecule has 1 amide bonds. The number of halogens is 1. The largest absolute Gasteiger partial charge is 0.324 e. The summed E-state index contributed by atoms with van der Waals surface area (Å²) >= 11 is 1.68. The molecule has 0 atom stereocenters. The summed E-state index contributed by atoms with van der Waals surface area (Å²) in [4.78, 5) is 17.1. The second-order valence-electron chi connectivity index (χ2n) is 7.07. The van der Waals surface area contributed by atoms with E-state index in [1.807, 2.05) is 43.4 Å². The Balaban J connectivity index is 0.00000280. The molecular weight excluding hydrogens is 390 g/mol. The number of likely N-dealkylation sites (tertiary alicyclic amines) is 1. The molecular formula is C22H30ClN3OS. The Morgan fingerprint density at radius 2 is 1.75 bits per heavy atom. The number of piperidine rings is 1. The first-order chi connectivity index (χ1) is 13.2. The zero-order valence-electron chi connectivity index (χ0n) is 16.4. The summed E-state index contributed by atoms with van der Waals surface area (Å²) in [5, 5.41) is 6.34. The van der Waals surface area contributed by atoms with Gasteiger partial charge < -0.3 is 10.6 Å². The van der Waals surface area contributed by atoms with Crippen LogP contribution in [0.4, 0.5) is 5.69 Å². The van der Waals surface area contributed by atoms with Crippen LogP contribution in [0, 0.1) is 5.92 Å². The van der Waals surface area contributed by atoms with Gasteiger partial charge in [0.25, 0.3) is 0 Å². The van der Waals surface area contributed by atoms with Crippen LogP contribution in [0.25, 0.3) is 0 Å². The van der Waals surface area contributed by atoms with Crippen molar-refractivity contribution in [2.45, 2.75) is 29.1 Å². The SMILES string of the molecule is CNCCC1CCN(CC(=O)Nc2ccccc2Sc2ccccc2)CC1.Cl. The number of carbonyl (C=O) groups excluding carboxylic acids is 1. The molecule has 2 N–H and O–H groups in total. The standard InChI is InChI=1S/C22H29N3OS.ClH/c1-23-14-11-18-12-15-25(16-13-18)17-22(26)24-20-9-5-6-10-21(20)27-19-7-3-2-4-8-19;/h2-10,18,23H,11-17H2,1H3,(H,24,26);1H. The Kier molecular flexibility index (Phi) is 9.85. The third kappa shape index (κ3) is 7.13. The van der Waals surface area contributed by atoms with E-state index in [1.54, 1.807) is 11.8 Å². The molecule has 0 saturated carbocycles. The molecule has 1 aliphatic rings. The summed E-state index contributed by atoms with van der Waals surface area (Å²) in [6, 6.07) is 18.3. The average Bonchev–Trinajstić information content (AvgIpc) is 2.70. The van der Waals surface area contributed by atoms with Crippen molar-refractivity contribution in [1.29, 1.82) is 0 Å². The molecule has 0 aromatic heterocycles. The van der Waals surface area contributed by atoms with Gasteiger partial charge in [-0.25, -0.2) is 0 Å². The van der Waals surface area contributed by atoms with Crippen molar-refractivity contribution < 1.29 is 4.79 Å². The second-order valence-corrected chi connectivity index (χ2v) is 8.19. The van der Waals surface area contributed by atoms with Crippen LogP contribution in [-0.4, -0.2) is 44.0 Å². The van der Waals surface area contributed by atoms with E-state index in [0.29, 0.717) is 6.54 Å². The highest BCUT2D eigenvalue weighted by Crippen LogP contribution is 2.33. The molecule has 2 aromatic carbocycles. The van der Waals surface area contributed by atoms with Gasteiger partial charge in [0.15, 0.2) is 0 Å². The molecule has 1 saturated heterocycles. The van der Waals surface area contributed by atoms with Crippen molar-refractivity contribution in [3.63, 3.8) is 0 Å². The maximum atomic E-state index is 12.6. The Morgan fingerprint density at radius 3 is 2.46 bits per heavy atom. The smallest absolute Gasteiger partial charge is 0.238 e. The van der Waals surface area contributed by atoms with Gasteiger partial charge in [0, 0.05) is 9.79 Å². The predicted octanol–water partition coefficient (Wildman–Crippen LogP) is 4.52. The first-order valence-electron chi connectivity index (χ1n) is 9.73. The summed E-state index contributed by atoms with van der Waals surface area (Å²) in [6.45, 7) is 3.59. The summed E-state index contributed by atoms with van der Waals surface area (Å²) < 4.78 is 0. The topological polar surface area (TPSA) is 44.4 Å². The second kappa shape index (κ2) is 12.1. The highest BCUT2D eigenvalue weighted by atomic mass is 35.5. The first kappa shape index (κ1) is 22.8. The van der Waals surface area contributed by atoms with Gasteiger partial charge in [-0.15, -0.1) is 12.4 Å². The highest BCUT2D eigenvalue weighted by molar-refractivity contribution is 7.99. The normalized spacial score (nSPS) is 15.0. The van der Waals surface area contributed by atoms with Gasteiger partial charge >= 0.3 is 0 Å². The molecule has 1 aliphatic heterocycles. The fourth-order valence-electron chi connectivity index (χ4n) is 3.45. The molecule has 0 bridgehead atoms. The number of carbonyl (C=O) groups is 1. The van der Waals surface area contributed by atoms with Crippen LogP contribution in [0.1, 0.15) is 19.3 Å². The molecule has 28 heavy (non-hydrogen) atoms. The number of para-hydroxylation sites is 1. The van der Waals surface area contributed by atoms with Crippen LogP contribution in [0.2, 0.25) is 0 Å². The highest BCUT2D eigenvalue weighted by Gasteiger charge is 2.20. The summed E-state index contributed by atoms with van der Waals surface area (Å²) in [5.41, 5.74) is 0.889. The van der Waals surface area contributed by atoms with Crippen LogP contribution < -0.4 is 10.6 Å². The molecule has 152 valence electrons. The molecule has 0 radical (unpaired) electrons. The van der Waals surface area contributed by atoms with Crippen molar-refractivity contribution in [2.24, 2.45) is 5.92 Å². The fourth-order valence-corrected chi connectivity index (χ4v) is 4.37. The van der Waals surface area contributed by atoms with Crippen LogP contribution in [0.15, 0.2) is 64.4 Å². The van der Waals surface area contributed by atoms with Crippen molar-refractivity contribution in [3.8, 4) is 0 Å². The van der Waals surface area contributed by atoms with E-state index >= 15 is 0 Å². The lowest BCUT2D eigenvalue weighted by Gasteiger charge is -2.31. The Morgan fingerprint density at radius 1 is 1.07 bits per heavy atom. The van der Waals surface area contributed by atoms with Crippen LogP contribution in [0.3, 0.4) is 0 Å². The minimum absolute atomic E-state index is 0. The number of hydrogen-bond donors (Lipinski definition) is 2. The fraction of sp³-hybridized carbons (Fsp3) is 0.409. The molecule has 6 heteroatoms. The Hall–Kier alpha value is -1.53. The number of benzene rings is 2. The van der Waals surface area contributed by atoms with Crippen molar-refractivity contribution >= 4 is 35.8 Å². The molecule has 4 nitrogen and oxygen atoms in total. The molecule has 2 aromatic rings. The van der Waals surface area contributed by atoms with E-state index in [2.05, 4.69) is 33.7 Å². The number of anilines is 1. The lowest BCUT2D eigenvalue weighted by Crippen LogP contribution is -2.39. The van der Waals surface area contributed by atoms with Crippen LogP contribution in [-0.2, 0) is 4.79 Å². The molecule has 1 fully saturated rings. The van der Waals surface area contributed by atoms with E-state index in [-0.39, 0.29) is 18.3 Å². The zero-order valence-corrected chi connectivity index (χ0v) is 18.0. The third-order valence-corrected chi connectivity index (χ3v) is 6.09. The summed E-state index contributed by atoms with van der Waals surface area (Å²) in [6.07, 6.45) is 3.62. The maximum absolute atomic E-state index is 12.6. The van der Waals surface area contributed by atoms with Gasteiger partial charge in [-0.2, -0.15) is 0 Å². The minimum Gasteiger partial charge on any atom is -0.324 e. The number of nitrogens with zero attached hydrogens (tertiary/aromatic N) is 1. The molecule has 0 aliphatic carbocycles. The maximum Gasteiger partial charge on any atom is 0.238 e. The van der Waals surface area contributed by atoms with Crippen LogP contribution >= 0.6 is 24.2 Å². The quantitative estimate of drug-likeness (QED) is 0.660. The van der Waals surface area contributed by atoms with E-state index in [4.69, 9.17) is 0 Å². The molecule has 1 heterocycles. The Labute approximate surface area is 178 Å². The van der Waals surface area contributed by atoms with Gasteiger partial charge in [-0.1, -0.05) is 42.1 Å². The first-order valence-corrected chi connectivity index (χ1v) is 10.5. The van der Waals surface area contributed by atoms with E-state index in [0.717, 1.165) is 36.1 Å². The molecule has 3 rings (SSSR count). The van der Waals surface area contributed by atoms with Crippen LogP contribution in [0.5, 0.6) is 0 Å². The lowest BCUT2D eigenvalue weighted by atomic mass is 9.93. The minimum atomic E-state index is 0. The monoisotopic (exact) mass is 419 g/mol. The number of nitrogens with one attached hydrogen (secondary N) is 2. The predicted molar refractivity (Wildman–Crippen MR) is 121 cm³/mol. The van der Waals surface area contributed by atoms with Gasteiger partial charge in [-0.3, -0.25) is 9.69 Å². The summed E-state index contributed by atoms with van der Waals surface area (Å²) in [7, 11) is 2.01. The van der Waals surface area contributed by atoms with Gasteiger partial charge in [0.2, 0.25) is 5.91 Å². The molecule has 0 unspecified atom stereocenters. The van der Waals surface area contributed by atoms with Crippen molar-refractivity contribution in [2.75, 3.05) is 38.5 Å². The Bertz CT molecular complexity index is 721. The van der Waals surface area contributed by atoms with Crippen molar-refractivity contribution in [3.05, 3.63) is 54.6 Å². The van der Waals surface area contributed by atoms with Crippen molar-refractivity contribution in [1.82, 2.24) is 10.2 Å². The third-order valence-electron chi connectivity index (χ3n) is 5.01. The lowest BCUT2D eigenvalue weighted by molar-refractivity contribution is -0.117. The number of hydrogen-bond acceptors (Lipinski definition) is 4. The summed E-state index contributed by atoms with van der Waals surface area (Å²) in [5.74, 6) is 0.865. The zero-order chi connectivity index (χ0) is 18.9. The van der Waals surface area contributed by atoms with Gasteiger partial charge in [-0.05, 0) is 76.1 Å². The van der Waals surface area contributed by atoms with E-state index in [9.17, 15) is 4.79 Å². The van der Waals surface area contributed by atoms with Gasteiger partial charge in [0.1, 0.15) is 0 Å². The van der Waals surface area contributed by atoms with E-state index in [1.165, 1.54) is 24.2 Å². The number of rotatable bonds is 8.